The van der Waals surface area contributed by atoms with Gasteiger partial charge in [-0.25, -0.2) is 19.7 Å². The van der Waals surface area contributed by atoms with Crippen LogP contribution in [0.2, 0.25) is 0 Å². The highest BCUT2D eigenvalue weighted by Crippen LogP contribution is 2.28. The van der Waals surface area contributed by atoms with Crippen molar-refractivity contribution >= 4 is 5.52 Å². The third-order valence-electron chi connectivity index (χ3n) is 3.95. The van der Waals surface area contributed by atoms with Crippen LogP contribution in [0.25, 0.3) is 22.6 Å². The summed E-state index contributed by atoms with van der Waals surface area (Å²) in [5, 5.41) is 4.10. The smallest absolute Gasteiger partial charge is 0.388 e. The summed E-state index contributed by atoms with van der Waals surface area (Å²) in [6.07, 6.45) is 5.89. The van der Waals surface area contributed by atoms with Crippen molar-refractivity contribution in [2.75, 3.05) is 0 Å². The number of aryl methyl sites for hydroxylation is 1. The molecule has 0 spiro atoms. The van der Waals surface area contributed by atoms with Crippen molar-refractivity contribution in [2.24, 2.45) is 0 Å². The molecule has 0 N–H and O–H groups in total. The number of nitrogens with zero attached hydrogens (tertiary/aromatic N) is 6. The van der Waals surface area contributed by atoms with Gasteiger partial charge in [0.2, 0.25) is 5.88 Å². The zero-order chi connectivity index (χ0) is 19.0. The van der Waals surface area contributed by atoms with Gasteiger partial charge in [0.05, 0.1) is 11.7 Å². The largest absolute Gasteiger partial charge is 0.417 e. The topological polar surface area (TPSA) is 87.2 Å². The van der Waals surface area contributed by atoms with Crippen LogP contribution in [-0.4, -0.2) is 35.7 Å². The molecular formula is C17H12F2N6O2. The average molecular weight is 370 g/mol. The van der Waals surface area contributed by atoms with E-state index in [-0.39, 0.29) is 11.8 Å². The molecular weight excluding hydrogens is 358 g/mol. The highest BCUT2D eigenvalue weighted by atomic mass is 19.3. The van der Waals surface area contributed by atoms with Crippen molar-refractivity contribution in [3.8, 4) is 23.0 Å². The Morgan fingerprint density at radius 3 is 2.63 bits per heavy atom. The van der Waals surface area contributed by atoms with Gasteiger partial charge in [-0.2, -0.15) is 13.9 Å². The lowest BCUT2D eigenvalue weighted by Gasteiger charge is -2.06. The molecule has 0 amide bonds. The third-order valence-corrected chi connectivity index (χ3v) is 3.95. The number of halogens is 2. The van der Waals surface area contributed by atoms with Gasteiger partial charge >= 0.3 is 12.3 Å². The van der Waals surface area contributed by atoms with Crippen LogP contribution < -0.4 is 10.4 Å². The Labute approximate surface area is 150 Å². The van der Waals surface area contributed by atoms with E-state index in [9.17, 15) is 13.6 Å². The Kier molecular flexibility index (Phi) is 4.07. The summed E-state index contributed by atoms with van der Waals surface area (Å²) in [7, 11) is 0. The van der Waals surface area contributed by atoms with E-state index in [0.29, 0.717) is 22.3 Å². The van der Waals surface area contributed by atoms with Crippen LogP contribution in [0, 0.1) is 6.92 Å². The zero-order valence-corrected chi connectivity index (χ0v) is 14.0. The van der Waals surface area contributed by atoms with Crippen LogP contribution in [-0.2, 0) is 0 Å². The molecule has 27 heavy (non-hydrogen) atoms. The summed E-state index contributed by atoms with van der Waals surface area (Å²) in [6, 6.07) is 6.41. The number of hydrogen-bond donors (Lipinski definition) is 0. The van der Waals surface area contributed by atoms with E-state index in [1.807, 2.05) is 0 Å². The van der Waals surface area contributed by atoms with Crippen molar-refractivity contribution in [3.63, 3.8) is 0 Å². The Balaban J connectivity index is 1.86. The molecule has 0 aliphatic rings. The molecule has 0 atom stereocenters. The number of aromatic nitrogens is 6. The van der Waals surface area contributed by atoms with Crippen LogP contribution >= 0.6 is 0 Å². The number of pyridine rings is 1. The minimum atomic E-state index is -2.97. The minimum absolute atomic E-state index is 0.149. The van der Waals surface area contributed by atoms with E-state index in [2.05, 4.69) is 24.8 Å². The van der Waals surface area contributed by atoms with E-state index < -0.39 is 12.3 Å². The Morgan fingerprint density at radius 1 is 1.11 bits per heavy atom. The average Bonchev–Trinajstić information content (AvgIpc) is 3.00. The summed E-state index contributed by atoms with van der Waals surface area (Å²) in [5.74, 6) is -0.0547. The predicted molar refractivity (Wildman–Crippen MR) is 91.0 cm³/mol. The van der Waals surface area contributed by atoms with Gasteiger partial charge in [0.25, 0.3) is 5.95 Å². The fourth-order valence-corrected chi connectivity index (χ4v) is 2.80. The van der Waals surface area contributed by atoms with Gasteiger partial charge < -0.3 is 4.74 Å². The SMILES string of the molecule is Cc1c(-c2ccnc(OC(F)F)c2)cc2cnn(-c3ncccn3)c(=O)n12. The van der Waals surface area contributed by atoms with Crippen molar-refractivity contribution in [3.05, 3.63) is 65.2 Å². The predicted octanol–water partition coefficient (Wildman–Crippen LogP) is 2.25. The number of rotatable bonds is 4. The molecule has 8 nitrogen and oxygen atoms in total. The van der Waals surface area contributed by atoms with Gasteiger partial charge in [-0.05, 0) is 30.7 Å². The monoisotopic (exact) mass is 370 g/mol. The summed E-state index contributed by atoms with van der Waals surface area (Å²) >= 11 is 0. The second kappa shape index (κ2) is 6.56. The lowest BCUT2D eigenvalue weighted by atomic mass is 10.1. The first-order valence-corrected chi connectivity index (χ1v) is 7.83. The molecule has 136 valence electrons. The third kappa shape index (κ3) is 3.01. The molecule has 0 aliphatic carbocycles. The lowest BCUT2D eigenvalue weighted by Crippen LogP contribution is -2.29. The Bertz CT molecular complexity index is 1170. The second-order valence-corrected chi connectivity index (χ2v) is 5.55. The number of hydrogen-bond acceptors (Lipinski definition) is 6. The van der Waals surface area contributed by atoms with Gasteiger partial charge in [0.15, 0.2) is 0 Å². The molecule has 4 rings (SSSR count). The molecule has 0 saturated carbocycles. The van der Waals surface area contributed by atoms with Crippen LogP contribution in [0.5, 0.6) is 5.88 Å². The van der Waals surface area contributed by atoms with E-state index in [0.717, 1.165) is 4.68 Å². The molecule has 0 fully saturated rings. The van der Waals surface area contributed by atoms with Gasteiger partial charge in [0, 0.05) is 35.9 Å². The first kappa shape index (κ1) is 16.8. The highest BCUT2D eigenvalue weighted by molar-refractivity contribution is 5.73. The molecule has 0 bridgehead atoms. The first-order valence-electron chi connectivity index (χ1n) is 7.83. The molecule has 0 saturated heterocycles. The number of fused-ring (bicyclic) bond motifs is 1. The molecule has 10 heteroatoms. The molecule has 0 aliphatic heterocycles. The molecule has 4 heterocycles. The van der Waals surface area contributed by atoms with Crippen LogP contribution in [0.15, 0.2) is 53.8 Å². The fraction of sp³-hybridized carbons (Fsp3) is 0.118. The van der Waals surface area contributed by atoms with Crippen molar-refractivity contribution in [1.29, 1.82) is 0 Å². The van der Waals surface area contributed by atoms with Crippen LogP contribution in [0.3, 0.4) is 0 Å². The normalized spacial score (nSPS) is 11.3. The van der Waals surface area contributed by atoms with Gasteiger partial charge in [-0.1, -0.05) is 0 Å². The molecule has 0 aromatic carbocycles. The lowest BCUT2D eigenvalue weighted by molar-refractivity contribution is -0.0528. The molecule has 0 unspecified atom stereocenters. The maximum Gasteiger partial charge on any atom is 0.388 e. The minimum Gasteiger partial charge on any atom is -0.417 e. The Morgan fingerprint density at radius 2 is 1.89 bits per heavy atom. The fourth-order valence-electron chi connectivity index (χ4n) is 2.80. The molecule has 0 radical (unpaired) electrons. The molecule has 4 aromatic heterocycles. The standard InChI is InChI=1S/C17H12F2N6O2/c1-10-13(11-3-6-20-14(7-11)27-15(18)19)8-12-9-23-25(17(26)24(10)12)16-21-4-2-5-22-16/h2-9,15H,1H3. The number of ether oxygens (including phenoxy) is 1. The zero-order valence-electron chi connectivity index (χ0n) is 14.0. The van der Waals surface area contributed by atoms with Crippen molar-refractivity contribution in [1.82, 2.24) is 29.1 Å². The summed E-state index contributed by atoms with van der Waals surface area (Å²) in [4.78, 5) is 24.7. The van der Waals surface area contributed by atoms with Gasteiger partial charge in [0.1, 0.15) is 0 Å². The van der Waals surface area contributed by atoms with E-state index >= 15 is 0 Å². The van der Waals surface area contributed by atoms with Crippen molar-refractivity contribution in [2.45, 2.75) is 13.5 Å². The Hall–Kier alpha value is -3.69. The van der Waals surface area contributed by atoms with Crippen molar-refractivity contribution < 1.29 is 13.5 Å². The highest BCUT2D eigenvalue weighted by Gasteiger charge is 2.15. The maximum absolute atomic E-state index is 12.9. The summed E-state index contributed by atoms with van der Waals surface area (Å²) in [6.45, 7) is -1.22. The first-order chi connectivity index (χ1) is 13.0. The number of alkyl halides is 2. The second-order valence-electron chi connectivity index (χ2n) is 5.55. The summed E-state index contributed by atoms with van der Waals surface area (Å²) in [5.41, 5.74) is 1.97. The van der Waals surface area contributed by atoms with Crippen LogP contribution in [0.4, 0.5) is 8.78 Å². The molecule has 4 aromatic rings. The van der Waals surface area contributed by atoms with Gasteiger partial charge in [-0.15, -0.1) is 4.68 Å². The van der Waals surface area contributed by atoms with Gasteiger partial charge in [-0.3, -0.25) is 4.40 Å². The van der Waals surface area contributed by atoms with E-state index in [1.165, 1.54) is 35.3 Å². The van der Waals surface area contributed by atoms with E-state index in [1.54, 1.807) is 25.1 Å². The van der Waals surface area contributed by atoms with E-state index in [4.69, 9.17) is 0 Å². The summed E-state index contributed by atoms with van der Waals surface area (Å²) < 4.78 is 31.7. The van der Waals surface area contributed by atoms with Crippen LogP contribution in [0.1, 0.15) is 5.69 Å². The maximum atomic E-state index is 12.9. The quantitative estimate of drug-likeness (QED) is 0.548.